The first-order valence-electron chi connectivity index (χ1n) is 13.4. The molecule has 0 radical (unpaired) electrons. The molecule has 0 aliphatic carbocycles. The van der Waals surface area contributed by atoms with Gasteiger partial charge in [-0.2, -0.15) is 0 Å². The summed E-state index contributed by atoms with van der Waals surface area (Å²) in [6.07, 6.45) is 3.09. The number of hydrogen-bond donors (Lipinski definition) is 1. The van der Waals surface area contributed by atoms with Gasteiger partial charge in [-0.15, -0.1) is 0 Å². The van der Waals surface area contributed by atoms with Crippen LogP contribution in [0.25, 0.3) is 33.3 Å². The lowest BCUT2D eigenvalue weighted by Crippen LogP contribution is -2.24. The molecule has 0 saturated carbocycles. The van der Waals surface area contributed by atoms with E-state index in [1.165, 1.54) is 11.3 Å². The van der Waals surface area contributed by atoms with Crippen LogP contribution < -0.4 is 5.32 Å². The number of hydrogen-bond acceptors (Lipinski definition) is 3. The first-order chi connectivity index (χ1) is 18.7. The molecule has 0 atom stereocenters. The second kappa shape index (κ2) is 12.6. The zero-order chi connectivity index (χ0) is 26.2. The van der Waals surface area contributed by atoms with Gasteiger partial charge in [0.1, 0.15) is 0 Å². The molecule has 5 rings (SSSR count). The Labute approximate surface area is 229 Å². The van der Waals surface area contributed by atoms with Gasteiger partial charge in [0.25, 0.3) is 5.91 Å². The third-order valence-electron chi connectivity index (χ3n) is 6.61. The minimum atomic E-state index is -0.0251. The fourth-order valence-corrected chi connectivity index (χ4v) is 5.59. The van der Waals surface area contributed by atoms with E-state index in [9.17, 15) is 4.79 Å². The molecule has 0 unspecified atom stereocenters. The van der Waals surface area contributed by atoms with E-state index in [4.69, 9.17) is 4.98 Å². The molecule has 0 saturated heterocycles. The zero-order valence-electron chi connectivity index (χ0n) is 21.8. The maximum Gasteiger partial charge on any atom is 0.251 e. The van der Waals surface area contributed by atoms with Gasteiger partial charge < -0.3 is 9.88 Å². The van der Waals surface area contributed by atoms with Crippen molar-refractivity contribution < 1.29 is 4.79 Å². The molecule has 1 amide bonds. The van der Waals surface area contributed by atoms with Gasteiger partial charge in [0, 0.05) is 35.5 Å². The Morgan fingerprint density at radius 3 is 2.24 bits per heavy atom. The van der Waals surface area contributed by atoms with E-state index >= 15 is 0 Å². The van der Waals surface area contributed by atoms with E-state index in [0.29, 0.717) is 12.1 Å². The number of imidazole rings is 1. The summed E-state index contributed by atoms with van der Waals surface area (Å²) in [5, 5.41) is 6.35. The van der Waals surface area contributed by atoms with E-state index < -0.39 is 0 Å². The largest absolute Gasteiger partial charge is 0.352 e. The average molecular weight is 520 g/mol. The molecule has 4 nitrogen and oxygen atoms in total. The van der Waals surface area contributed by atoms with Crippen LogP contribution >= 0.6 is 11.8 Å². The molecule has 0 bridgehead atoms. The fraction of sp³-hybridized carbons (Fsp3) is 0.212. The number of carbonyl (C=O) groups is 1. The monoisotopic (exact) mass is 519 g/mol. The topological polar surface area (TPSA) is 46.9 Å². The van der Waals surface area contributed by atoms with E-state index in [0.717, 1.165) is 58.7 Å². The number of rotatable bonds is 11. The number of nitrogens with zero attached hydrogens (tertiary/aromatic N) is 2. The lowest BCUT2D eigenvalue weighted by atomic mass is 10.0. The van der Waals surface area contributed by atoms with Gasteiger partial charge in [-0.25, -0.2) is 4.98 Å². The number of fused-ring (bicyclic) bond motifs is 1. The Morgan fingerprint density at radius 2 is 1.50 bits per heavy atom. The summed E-state index contributed by atoms with van der Waals surface area (Å²) in [5.41, 5.74) is 5.22. The highest BCUT2D eigenvalue weighted by Crippen LogP contribution is 2.36. The van der Waals surface area contributed by atoms with Crippen LogP contribution in [0.4, 0.5) is 0 Å². The van der Waals surface area contributed by atoms with Crippen molar-refractivity contribution in [3.8, 4) is 22.5 Å². The SMILES string of the molecule is CCCCn1c(SCCCNC(=O)c2ccc3ccccc3c2)nc(-c2ccccc2)c1-c1ccccc1. The molecule has 0 aliphatic heterocycles. The van der Waals surface area contributed by atoms with Crippen molar-refractivity contribution >= 4 is 28.4 Å². The average Bonchev–Trinajstić information content (AvgIpc) is 3.34. The Bertz CT molecular complexity index is 1500. The van der Waals surface area contributed by atoms with Gasteiger partial charge >= 0.3 is 0 Å². The Morgan fingerprint density at radius 1 is 0.816 bits per heavy atom. The normalized spacial score (nSPS) is 11.1. The van der Waals surface area contributed by atoms with Crippen LogP contribution in [0.1, 0.15) is 36.5 Å². The van der Waals surface area contributed by atoms with Crippen LogP contribution in [0, 0.1) is 0 Å². The number of aromatic nitrogens is 2. The minimum absolute atomic E-state index is 0.0251. The van der Waals surface area contributed by atoms with Crippen molar-refractivity contribution in [1.29, 1.82) is 0 Å². The maximum absolute atomic E-state index is 12.7. The zero-order valence-corrected chi connectivity index (χ0v) is 22.6. The molecule has 192 valence electrons. The van der Waals surface area contributed by atoms with Gasteiger partial charge in [0.05, 0.1) is 11.4 Å². The van der Waals surface area contributed by atoms with Gasteiger partial charge in [-0.3, -0.25) is 4.79 Å². The number of nitrogens with one attached hydrogen (secondary N) is 1. The number of unbranched alkanes of at least 4 members (excludes halogenated alkanes) is 1. The molecule has 1 aromatic heterocycles. The Hall–Kier alpha value is -3.83. The highest BCUT2D eigenvalue weighted by Gasteiger charge is 2.20. The van der Waals surface area contributed by atoms with Crippen molar-refractivity contribution in [2.75, 3.05) is 12.3 Å². The van der Waals surface area contributed by atoms with E-state index in [-0.39, 0.29) is 5.91 Å². The predicted octanol–water partition coefficient (Wildman–Crippen LogP) is 8.08. The van der Waals surface area contributed by atoms with Crippen LogP contribution in [0.3, 0.4) is 0 Å². The standard InChI is InChI=1S/C33H33N3OS/c1-2-3-22-36-31(27-16-8-5-9-17-27)30(26-14-6-4-7-15-26)35-33(36)38-23-12-21-34-32(37)29-20-19-25-13-10-11-18-28(25)24-29/h4-11,13-20,24H,2-3,12,21-23H2,1H3,(H,34,37). The molecule has 4 aromatic carbocycles. The molecule has 38 heavy (non-hydrogen) atoms. The third-order valence-corrected chi connectivity index (χ3v) is 7.67. The summed E-state index contributed by atoms with van der Waals surface area (Å²) in [5.74, 6) is 0.854. The van der Waals surface area contributed by atoms with Gasteiger partial charge in [0.2, 0.25) is 0 Å². The fourth-order valence-electron chi connectivity index (χ4n) is 4.62. The van der Waals surface area contributed by atoms with Crippen LogP contribution in [-0.4, -0.2) is 27.8 Å². The molecule has 5 aromatic rings. The quantitative estimate of drug-likeness (QED) is 0.142. The summed E-state index contributed by atoms with van der Waals surface area (Å²) in [6, 6.07) is 35.0. The summed E-state index contributed by atoms with van der Waals surface area (Å²) in [6.45, 7) is 3.79. The number of carbonyl (C=O) groups excluding carboxylic acids is 1. The molecular weight excluding hydrogens is 486 g/mol. The van der Waals surface area contributed by atoms with Crippen molar-refractivity contribution in [2.45, 2.75) is 37.9 Å². The van der Waals surface area contributed by atoms with E-state index in [1.807, 2.05) is 42.5 Å². The second-order valence-electron chi connectivity index (χ2n) is 9.35. The minimum Gasteiger partial charge on any atom is -0.352 e. The van der Waals surface area contributed by atoms with Crippen molar-refractivity contribution in [1.82, 2.24) is 14.9 Å². The lowest BCUT2D eigenvalue weighted by Gasteiger charge is -2.13. The van der Waals surface area contributed by atoms with Gasteiger partial charge in [-0.1, -0.05) is 116 Å². The number of amides is 1. The molecule has 0 fully saturated rings. The third kappa shape index (κ3) is 6.00. The molecule has 0 spiro atoms. The smallest absolute Gasteiger partial charge is 0.251 e. The molecule has 1 heterocycles. The van der Waals surface area contributed by atoms with E-state index in [1.54, 1.807) is 11.8 Å². The highest BCUT2D eigenvalue weighted by atomic mass is 32.2. The van der Waals surface area contributed by atoms with Crippen LogP contribution in [0.5, 0.6) is 0 Å². The van der Waals surface area contributed by atoms with Crippen molar-refractivity contribution in [2.24, 2.45) is 0 Å². The number of thioether (sulfide) groups is 1. The van der Waals surface area contributed by atoms with Crippen molar-refractivity contribution in [3.63, 3.8) is 0 Å². The van der Waals surface area contributed by atoms with Crippen LogP contribution in [0.2, 0.25) is 0 Å². The molecule has 0 aliphatic rings. The van der Waals surface area contributed by atoms with Crippen LogP contribution in [-0.2, 0) is 6.54 Å². The Kier molecular flexibility index (Phi) is 8.56. The summed E-state index contributed by atoms with van der Waals surface area (Å²) >= 11 is 1.77. The molecule has 1 N–H and O–H groups in total. The van der Waals surface area contributed by atoms with Gasteiger partial charge in [0.15, 0.2) is 5.16 Å². The second-order valence-corrected chi connectivity index (χ2v) is 10.4. The first-order valence-corrected chi connectivity index (χ1v) is 14.3. The predicted molar refractivity (Wildman–Crippen MR) is 160 cm³/mol. The highest BCUT2D eigenvalue weighted by molar-refractivity contribution is 7.99. The van der Waals surface area contributed by atoms with Crippen LogP contribution in [0.15, 0.2) is 108 Å². The molecular formula is C33H33N3OS. The van der Waals surface area contributed by atoms with Gasteiger partial charge in [-0.05, 0) is 35.7 Å². The summed E-state index contributed by atoms with van der Waals surface area (Å²) in [4.78, 5) is 17.9. The summed E-state index contributed by atoms with van der Waals surface area (Å²) < 4.78 is 2.39. The van der Waals surface area contributed by atoms with Crippen molar-refractivity contribution in [3.05, 3.63) is 109 Å². The Balaban J connectivity index is 1.29. The maximum atomic E-state index is 12.7. The number of benzene rings is 4. The van der Waals surface area contributed by atoms with E-state index in [2.05, 4.69) is 77.5 Å². The lowest BCUT2D eigenvalue weighted by molar-refractivity contribution is 0.0954. The molecule has 5 heteroatoms. The summed E-state index contributed by atoms with van der Waals surface area (Å²) in [7, 11) is 0. The first kappa shape index (κ1) is 25.8.